The van der Waals surface area contributed by atoms with Crippen LogP contribution in [0.1, 0.15) is 38.5 Å². The van der Waals surface area contributed by atoms with Crippen LogP contribution < -0.4 is 10.6 Å². The van der Waals surface area contributed by atoms with E-state index in [1.165, 1.54) is 51.6 Å². The van der Waals surface area contributed by atoms with Gasteiger partial charge in [0.1, 0.15) is 0 Å². The highest BCUT2D eigenvalue weighted by Crippen LogP contribution is 2.17. The third kappa shape index (κ3) is 5.85. The molecule has 0 spiro atoms. The molecule has 5 heteroatoms. The molecule has 0 radical (unpaired) electrons. The van der Waals surface area contributed by atoms with Gasteiger partial charge in [0.15, 0.2) is 5.96 Å². The Bertz CT molecular complexity index is 277. The summed E-state index contributed by atoms with van der Waals surface area (Å²) in [5.41, 5.74) is 0. The van der Waals surface area contributed by atoms with Crippen LogP contribution in [0, 0.1) is 5.92 Å². The van der Waals surface area contributed by atoms with Gasteiger partial charge in [-0.2, -0.15) is 0 Å². The highest BCUT2D eigenvalue weighted by atomic mass is 127. The first-order valence-electron chi connectivity index (χ1n) is 7.43. The van der Waals surface area contributed by atoms with Crippen LogP contribution in [-0.2, 0) is 0 Å². The van der Waals surface area contributed by atoms with Crippen LogP contribution in [0.4, 0.5) is 0 Å². The predicted molar refractivity (Wildman–Crippen MR) is 92.4 cm³/mol. The number of guanidine groups is 1. The van der Waals surface area contributed by atoms with Crippen molar-refractivity contribution in [1.82, 2.24) is 15.5 Å². The minimum Gasteiger partial charge on any atom is -0.356 e. The van der Waals surface area contributed by atoms with Crippen molar-refractivity contribution in [2.24, 2.45) is 10.9 Å². The number of nitrogens with one attached hydrogen (secondary N) is 2. The number of piperidine rings is 1. The summed E-state index contributed by atoms with van der Waals surface area (Å²) in [5.74, 6) is 1.76. The first-order valence-corrected chi connectivity index (χ1v) is 7.43. The lowest BCUT2D eigenvalue weighted by molar-refractivity contribution is 0.210. The number of aliphatic imine (C=N–C) groups is 1. The molecule has 1 unspecified atom stereocenters. The number of nitrogens with zero attached hydrogens (tertiary/aromatic N) is 2. The predicted octanol–water partition coefficient (Wildman–Crippen LogP) is 2.05. The third-order valence-corrected chi connectivity index (χ3v) is 4.20. The average Bonchev–Trinajstić information content (AvgIpc) is 2.87. The van der Waals surface area contributed by atoms with E-state index in [-0.39, 0.29) is 24.0 Å². The van der Waals surface area contributed by atoms with Gasteiger partial charge < -0.3 is 15.5 Å². The zero-order valence-corrected chi connectivity index (χ0v) is 14.7. The molecule has 0 bridgehead atoms. The van der Waals surface area contributed by atoms with Crippen molar-refractivity contribution in [3.8, 4) is 0 Å². The Kier molecular flexibility index (Phi) is 8.06. The fraction of sp³-hybridized carbons (Fsp3) is 0.929. The Hall–Kier alpha value is -0.0400. The van der Waals surface area contributed by atoms with Crippen molar-refractivity contribution < 1.29 is 0 Å². The fourth-order valence-corrected chi connectivity index (χ4v) is 3.14. The molecule has 0 aromatic carbocycles. The van der Waals surface area contributed by atoms with Gasteiger partial charge in [-0.15, -0.1) is 24.0 Å². The maximum atomic E-state index is 4.34. The van der Waals surface area contributed by atoms with E-state index in [1.807, 2.05) is 7.05 Å². The van der Waals surface area contributed by atoms with E-state index < -0.39 is 0 Å². The normalized spacial score (nSPS) is 26.0. The number of hydrogen-bond donors (Lipinski definition) is 2. The SMILES string of the molecule is CN=C(NCC1CCCN(C)C1)NC1CCCC1.I. The molecule has 2 aliphatic rings. The van der Waals surface area contributed by atoms with Gasteiger partial charge in [0.25, 0.3) is 0 Å². The third-order valence-electron chi connectivity index (χ3n) is 4.20. The van der Waals surface area contributed by atoms with E-state index in [2.05, 4.69) is 27.6 Å². The lowest BCUT2D eigenvalue weighted by atomic mass is 9.99. The molecule has 0 aromatic rings. The summed E-state index contributed by atoms with van der Waals surface area (Å²) in [5, 5.41) is 7.04. The van der Waals surface area contributed by atoms with Crippen LogP contribution >= 0.6 is 24.0 Å². The van der Waals surface area contributed by atoms with Crippen molar-refractivity contribution >= 4 is 29.9 Å². The van der Waals surface area contributed by atoms with Gasteiger partial charge in [-0.25, -0.2) is 0 Å². The molecular weight excluding hydrogens is 351 g/mol. The molecule has 0 aromatic heterocycles. The van der Waals surface area contributed by atoms with Crippen molar-refractivity contribution in [2.75, 3.05) is 33.7 Å². The number of hydrogen-bond acceptors (Lipinski definition) is 2. The van der Waals surface area contributed by atoms with E-state index in [0.717, 1.165) is 18.4 Å². The molecular formula is C14H29IN4. The second-order valence-electron chi connectivity index (χ2n) is 5.85. The molecule has 2 N–H and O–H groups in total. The van der Waals surface area contributed by atoms with Gasteiger partial charge in [-0.3, -0.25) is 4.99 Å². The molecule has 112 valence electrons. The quantitative estimate of drug-likeness (QED) is 0.447. The van der Waals surface area contributed by atoms with Crippen LogP contribution in [0.2, 0.25) is 0 Å². The van der Waals surface area contributed by atoms with E-state index in [0.29, 0.717) is 6.04 Å². The van der Waals surface area contributed by atoms with Crippen LogP contribution in [-0.4, -0.2) is 50.6 Å². The Balaban J connectivity index is 0.00000180. The van der Waals surface area contributed by atoms with E-state index in [1.54, 1.807) is 0 Å². The standard InChI is InChI=1S/C14H28N4.HI/c1-15-14(17-13-7-3-4-8-13)16-10-12-6-5-9-18(2)11-12;/h12-13H,3-11H2,1-2H3,(H2,15,16,17);1H. The highest BCUT2D eigenvalue weighted by molar-refractivity contribution is 14.0. The molecule has 0 amide bonds. The molecule has 1 atom stereocenters. The Morgan fingerprint density at radius 1 is 1.21 bits per heavy atom. The Morgan fingerprint density at radius 3 is 2.58 bits per heavy atom. The molecule has 1 heterocycles. The van der Waals surface area contributed by atoms with E-state index in [9.17, 15) is 0 Å². The molecule has 2 fully saturated rings. The second-order valence-corrected chi connectivity index (χ2v) is 5.85. The molecule has 2 rings (SSSR count). The average molecular weight is 380 g/mol. The largest absolute Gasteiger partial charge is 0.356 e. The number of rotatable bonds is 3. The van der Waals surface area contributed by atoms with E-state index in [4.69, 9.17) is 0 Å². The first-order chi connectivity index (χ1) is 8.78. The van der Waals surface area contributed by atoms with Crippen LogP contribution in [0.25, 0.3) is 0 Å². The smallest absolute Gasteiger partial charge is 0.191 e. The first kappa shape index (κ1) is 17.0. The number of halogens is 1. The summed E-state index contributed by atoms with van der Waals surface area (Å²) < 4.78 is 0. The summed E-state index contributed by atoms with van der Waals surface area (Å²) in [4.78, 5) is 6.77. The van der Waals surface area contributed by atoms with Crippen molar-refractivity contribution in [3.63, 3.8) is 0 Å². The topological polar surface area (TPSA) is 39.7 Å². The maximum Gasteiger partial charge on any atom is 0.191 e. The molecule has 1 saturated carbocycles. The molecule has 1 aliphatic heterocycles. The minimum absolute atomic E-state index is 0. The number of likely N-dealkylation sites (tertiary alicyclic amines) is 1. The van der Waals surface area contributed by atoms with Gasteiger partial charge in [0.05, 0.1) is 0 Å². The zero-order chi connectivity index (χ0) is 12.8. The van der Waals surface area contributed by atoms with Crippen LogP contribution in [0.5, 0.6) is 0 Å². The van der Waals surface area contributed by atoms with Crippen molar-refractivity contribution in [2.45, 2.75) is 44.6 Å². The molecule has 1 aliphatic carbocycles. The van der Waals surface area contributed by atoms with Gasteiger partial charge in [-0.05, 0) is 45.2 Å². The minimum atomic E-state index is 0. The fourth-order valence-electron chi connectivity index (χ4n) is 3.14. The Labute approximate surface area is 134 Å². The highest BCUT2D eigenvalue weighted by Gasteiger charge is 2.19. The summed E-state index contributed by atoms with van der Waals surface area (Å²) in [7, 11) is 4.09. The van der Waals surface area contributed by atoms with Gasteiger partial charge in [0, 0.05) is 26.2 Å². The van der Waals surface area contributed by atoms with Gasteiger partial charge >= 0.3 is 0 Å². The van der Waals surface area contributed by atoms with Gasteiger partial charge in [0.2, 0.25) is 0 Å². The summed E-state index contributed by atoms with van der Waals surface area (Å²) in [6.07, 6.45) is 8.00. The van der Waals surface area contributed by atoms with Gasteiger partial charge in [-0.1, -0.05) is 12.8 Å². The summed E-state index contributed by atoms with van der Waals surface area (Å²) in [6, 6.07) is 0.644. The van der Waals surface area contributed by atoms with Crippen LogP contribution in [0.3, 0.4) is 0 Å². The van der Waals surface area contributed by atoms with Crippen molar-refractivity contribution in [3.05, 3.63) is 0 Å². The maximum absolute atomic E-state index is 4.34. The van der Waals surface area contributed by atoms with Crippen molar-refractivity contribution in [1.29, 1.82) is 0 Å². The lowest BCUT2D eigenvalue weighted by Crippen LogP contribution is -2.46. The summed E-state index contributed by atoms with van der Waals surface area (Å²) >= 11 is 0. The summed E-state index contributed by atoms with van der Waals surface area (Å²) in [6.45, 7) is 3.52. The monoisotopic (exact) mass is 380 g/mol. The molecule has 4 nitrogen and oxygen atoms in total. The lowest BCUT2D eigenvalue weighted by Gasteiger charge is -2.30. The zero-order valence-electron chi connectivity index (χ0n) is 12.3. The Morgan fingerprint density at radius 2 is 1.95 bits per heavy atom. The van der Waals surface area contributed by atoms with E-state index >= 15 is 0 Å². The second kappa shape index (κ2) is 9.00. The van der Waals surface area contributed by atoms with Crippen LogP contribution in [0.15, 0.2) is 4.99 Å². The molecule has 19 heavy (non-hydrogen) atoms. The molecule has 1 saturated heterocycles.